The number of anilines is 1. The highest BCUT2D eigenvalue weighted by molar-refractivity contribution is 6.04. The number of aromatic nitrogens is 1. The summed E-state index contributed by atoms with van der Waals surface area (Å²) in [4.78, 5) is 19.2. The van der Waals surface area contributed by atoms with E-state index in [1.807, 2.05) is 53.6 Å². The molecular weight excluding hydrogens is 367 g/mol. The summed E-state index contributed by atoms with van der Waals surface area (Å²) in [7, 11) is 0. The molecule has 2 aliphatic heterocycles. The van der Waals surface area contributed by atoms with Crippen molar-refractivity contribution in [2.45, 2.75) is 6.17 Å². The van der Waals surface area contributed by atoms with Gasteiger partial charge in [-0.1, -0.05) is 18.2 Å². The Morgan fingerprint density at radius 3 is 2.83 bits per heavy atom. The summed E-state index contributed by atoms with van der Waals surface area (Å²) in [5.41, 5.74) is 3.19. The molecule has 2 N–H and O–H groups in total. The van der Waals surface area contributed by atoms with Crippen LogP contribution in [0.3, 0.4) is 0 Å². The lowest BCUT2D eigenvalue weighted by Crippen LogP contribution is -2.44. The van der Waals surface area contributed by atoms with Crippen LogP contribution in [0.25, 0.3) is 16.5 Å². The number of hydrogen-bond donors (Lipinski definition) is 2. The Kier molecular flexibility index (Phi) is 4.09. The summed E-state index contributed by atoms with van der Waals surface area (Å²) < 4.78 is 13.3. The molecular formula is C23H17FN4O. The van der Waals surface area contributed by atoms with Crippen molar-refractivity contribution < 1.29 is 9.18 Å². The maximum Gasteiger partial charge on any atom is 0.268 e. The number of nitrogens with one attached hydrogen (secondary N) is 2. The van der Waals surface area contributed by atoms with E-state index in [-0.39, 0.29) is 11.7 Å². The second-order valence-corrected chi connectivity index (χ2v) is 6.81. The van der Waals surface area contributed by atoms with Gasteiger partial charge in [-0.05, 0) is 54.1 Å². The van der Waals surface area contributed by atoms with E-state index in [1.165, 1.54) is 12.1 Å². The third-order valence-electron chi connectivity index (χ3n) is 5.03. The monoisotopic (exact) mass is 384 g/mol. The summed E-state index contributed by atoms with van der Waals surface area (Å²) in [5, 5.41) is 8.20. The number of halogens is 1. The molecule has 0 fully saturated rings. The molecule has 0 aliphatic carbocycles. The summed E-state index contributed by atoms with van der Waals surface area (Å²) in [6.07, 6.45) is 10.4. The van der Waals surface area contributed by atoms with E-state index >= 15 is 0 Å². The number of hydrogen-bond acceptors (Lipinski definition) is 4. The van der Waals surface area contributed by atoms with Gasteiger partial charge in [-0.25, -0.2) is 4.39 Å². The molecule has 5 rings (SSSR count). The Morgan fingerprint density at radius 1 is 1.10 bits per heavy atom. The lowest BCUT2D eigenvalue weighted by molar-refractivity contribution is -0.120. The Balaban J connectivity index is 1.46. The number of carbonyl (C=O) groups is 1. The molecule has 2 aliphatic rings. The zero-order valence-electron chi connectivity index (χ0n) is 15.3. The minimum absolute atomic E-state index is 0.191. The van der Waals surface area contributed by atoms with E-state index in [0.29, 0.717) is 0 Å². The highest BCUT2D eigenvalue weighted by atomic mass is 19.1. The van der Waals surface area contributed by atoms with Gasteiger partial charge in [0.25, 0.3) is 5.91 Å². The van der Waals surface area contributed by atoms with Crippen LogP contribution < -0.4 is 10.6 Å². The van der Waals surface area contributed by atoms with Crippen molar-refractivity contribution in [1.82, 2.24) is 15.2 Å². The van der Waals surface area contributed by atoms with Crippen LogP contribution >= 0.6 is 0 Å². The molecule has 142 valence electrons. The summed E-state index contributed by atoms with van der Waals surface area (Å²) in [6.45, 7) is 0. The van der Waals surface area contributed by atoms with Gasteiger partial charge in [0.1, 0.15) is 5.82 Å². The maximum absolute atomic E-state index is 13.3. The summed E-state index contributed by atoms with van der Waals surface area (Å²) in [5.74, 6) is -0.489. The molecule has 3 aromatic rings. The van der Waals surface area contributed by atoms with Crippen LogP contribution in [0, 0.1) is 5.82 Å². The van der Waals surface area contributed by atoms with Gasteiger partial charge in [0.05, 0.1) is 11.4 Å². The van der Waals surface area contributed by atoms with Crippen molar-refractivity contribution in [3.05, 3.63) is 102 Å². The van der Waals surface area contributed by atoms with Crippen LogP contribution in [-0.4, -0.2) is 22.0 Å². The quantitative estimate of drug-likeness (QED) is 0.717. The maximum atomic E-state index is 13.3. The zero-order valence-corrected chi connectivity index (χ0v) is 15.3. The molecule has 1 aromatic heterocycles. The molecule has 2 aromatic carbocycles. The van der Waals surface area contributed by atoms with Crippen molar-refractivity contribution in [2.75, 3.05) is 5.32 Å². The number of nitrogens with zero attached hydrogens (tertiary/aromatic N) is 2. The predicted octanol–water partition coefficient (Wildman–Crippen LogP) is 4.00. The van der Waals surface area contributed by atoms with Crippen molar-refractivity contribution >= 4 is 28.1 Å². The average molecular weight is 384 g/mol. The smallest absolute Gasteiger partial charge is 0.268 e. The van der Waals surface area contributed by atoms with Crippen LogP contribution in [0.15, 0.2) is 91.0 Å². The lowest BCUT2D eigenvalue weighted by atomic mass is 10.1. The Hall–Kier alpha value is -3.93. The van der Waals surface area contributed by atoms with E-state index in [9.17, 15) is 9.18 Å². The Morgan fingerprint density at radius 2 is 1.97 bits per heavy atom. The normalized spacial score (nSPS) is 17.4. The number of fused-ring (bicyclic) bond motifs is 2. The number of carbonyl (C=O) groups excluding carboxylic acids is 1. The molecule has 0 spiro atoms. The topological polar surface area (TPSA) is 57.3 Å². The molecule has 5 nitrogen and oxygen atoms in total. The predicted molar refractivity (Wildman–Crippen MR) is 111 cm³/mol. The molecule has 6 heteroatoms. The molecule has 29 heavy (non-hydrogen) atoms. The number of pyridine rings is 1. The average Bonchev–Trinajstić information content (AvgIpc) is 3.14. The van der Waals surface area contributed by atoms with Crippen molar-refractivity contribution in [1.29, 1.82) is 0 Å². The van der Waals surface area contributed by atoms with Gasteiger partial charge < -0.3 is 15.5 Å². The standard InChI is InChI=1S/C23H17FN4O/c24-17-9-7-15(8-10-17)21-20-6-1-2-13-28(20)22(27-21)23(29)26-19-5-3-4-16-14-25-12-11-18(16)19/h1-14,22,27H,(H,26,29). The first-order valence-corrected chi connectivity index (χ1v) is 9.24. The van der Waals surface area contributed by atoms with Gasteiger partial charge in [0.15, 0.2) is 6.17 Å². The lowest BCUT2D eigenvalue weighted by Gasteiger charge is -2.25. The molecule has 1 amide bonds. The molecule has 1 atom stereocenters. The molecule has 0 saturated carbocycles. The fraction of sp³-hybridized carbons (Fsp3) is 0.0435. The van der Waals surface area contributed by atoms with E-state index < -0.39 is 6.17 Å². The molecule has 0 saturated heterocycles. The van der Waals surface area contributed by atoms with Gasteiger partial charge in [-0.15, -0.1) is 0 Å². The van der Waals surface area contributed by atoms with Crippen LogP contribution in [0.2, 0.25) is 0 Å². The summed E-state index contributed by atoms with van der Waals surface area (Å²) >= 11 is 0. The van der Waals surface area contributed by atoms with Gasteiger partial charge in [-0.3, -0.25) is 9.78 Å². The van der Waals surface area contributed by atoms with Crippen LogP contribution in [0.1, 0.15) is 5.56 Å². The SMILES string of the molecule is O=C(Nc1cccc2cnccc12)C1NC(c2ccc(F)cc2)=C2C=CC=CN21. The highest BCUT2D eigenvalue weighted by Gasteiger charge is 2.35. The molecule has 0 bridgehead atoms. The van der Waals surface area contributed by atoms with E-state index in [4.69, 9.17) is 0 Å². The number of rotatable bonds is 3. The fourth-order valence-electron chi connectivity index (χ4n) is 3.65. The first kappa shape index (κ1) is 17.2. The molecule has 0 radical (unpaired) electrons. The first-order chi connectivity index (χ1) is 14.2. The van der Waals surface area contributed by atoms with E-state index in [2.05, 4.69) is 15.6 Å². The highest BCUT2D eigenvalue weighted by Crippen LogP contribution is 2.32. The van der Waals surface area contributed by atoms with Crippen molar-refractivity contribution in [3.8, 4) is 0 Å². The number of amides is 1. The molecule has 1 unspecified atom stereocenters. The minimum atomic E-state index is -0.622. The van der Waals surface area contributed by atoms with E-state index in [0.717, 1.165) is 33.4 Å². The second-order valence-electron chi connectivity index (χ2n) is 6.81. The molecule has 3 heterocycles. The van der Waals surface area contributed by atoms with Gasteiger partial charge in [0.2, 0.25) is 0 Å². The summed E-state index contributed by atoms with van der Waals surface area (Å²) in [6, 6.07) is 13.8. The second kappa shape index (κ2) is 6.91. The zero-order chi connectivity index (χ0) is 19.8. The van der Waals surface area contributed by atoms with Gasteiger partial charge in [-0.2, -0.15) is 0 Å². The minimum Gasteiger partial charge on any atom is -0.355 e. The Bertz CT molecular complexity index is 1190. The van der Waals surface area contributed by atoms with Gasteiger partial charge >= 0.3 is 0 Å². The van der Waals surface area contributed by atoms with Crippen molar-refractivity contribution in [2.24, 2.45) is 0 Å². The van der Waals surface area contributed by atoms with Gasteiger partial charge in [0, 0.05) is 35.1 Å². The third kappa shape index (κ3) is 3.04. The Labute approximate surface area is 166 Å². The van der Waals surface area contributed by atoms with Crippen molar-refractivity contribution in [3.63, 3.8) is 0 Å². The first-order valence-electron chi connectivity index (χ1n) is 9.24. The number of allylic oxidation sites excluding steroid dienone is 3. The van der Waals surface area contributed by atoms with Crippen LogP contribution in [0.4, 0.5) is 10.1 Å². The third-order valence-corrected chi connectivity index (χ3v) is 5.03. The largest absolute Gasteiger partial charge is 0.355 e. The number of benzene rings is 2. The van der Waals surface area contributed by atoms with E-state index in [1.54, 1.807) is 24.5 Å². The van der Waals surface area contributed by atoms with Crippen LogP contribution in [-0.2, 0) is 4.79 Å². The van der Waals surface area contributed by atoms with Crippen LogP contribution in [0.5, 0.6) is 0 Å². The fourth-order valence-corrected chi connectivity index (χ4v) is 3.65.